The standard InChI is InChI=1S/C19H17NO3/c1-3-19(21)23-18-6-4-5-14(12-18)11-16(13-20)15-7-9-17(22-2)10-8-15/h4-12H,3H2,1-2H3/b16-11-. The van der Waals surface area contributed by atoms with Crippen LogP contribution in [-0.2, 0) is 4.79 Å². The average molecular weight is 307 g/mol. The third-order valence-corrected chi connectivity index (χ3v) is 3.21. The van der Waals surface area contributed by atoms with E-state index in [-0.39, 0.29) is 5.97 Å². The molecule has 4 nitrogen and oxygen atoms in total. The molecular formula is C19H17NO3. The summed E-state index contributed by atoms with van der Waals surface area (Å²) < 4.78 is 10.3. The van der Waals surface area contributed by atoms with E-state index >= 15 is 0 Å². The molecule has 116 valence electrons. The average Bonchev–Trinajstić information content (AvgIpc) is 2.60. The van der Waals surface area contributed by atoms with Crippen molar-refractivity contribution in [2.75, 3.05) is 7.11 Å². The number of carbonyl (C=O) groups excluding carboxylic acids is 1. The van der Waals surface area contributed by atoms with E-state index in [4.69, 9.17) is 9.47 Å². The maximum Gasteiger partial charge on any atom is 0.310 e. The van der Waals surface area contributed by atoms with Gasteiger partial charge in [0.2, 0.25) is 0 Å². The molecule has 4 heteroatoms. The zero-order valence-corrected chi connectivity index (χ0v) is 13.1. The van der Waals surface area contributed by atoms with E-state index < -0.39 is 0 Å². The zero-order chi connectivity index (χ0) is 16.7. The van der Waals surface area contributed by atoms with Gasteiger partial charge in [0, 0.05) is 6.42 Å². The van der Waals surface area contributed by atoms with Gasteiger partial charge >= 0.3 is 5.97 Å². The van der Waals surface area contributed by atoms with Crippen LogP contribution in [0.2, 0.25) is 0 Å². The Balaban J connectivity index is 2.28. The molecular weight excluding hydrogens is 290 g/mol. The third-order valence-electron chi connectivity index (χ3n) is 3.21. The second kappa shape index (κ2) is 7.81. The number of esters is 1. The molecule has 0 atom stereocenters. The first-order chi connectivity index (χ1) is 11.2. The molecule has 0 aromatic heterocycles. The smallest absolute Gasteiger partial charge is 0.310 e. The highest BCUT2D eigenvalue weighted by molar-refractivity contribution is 5.89. The SMILES string of the molecule is CCC(=O)Oc1cccc(/C=C(/C#N)c2ccc(OC)cc2)c1. The molecule has 0 heterocycles. The molecule has 0 unspecified atom stereocenters. The van der Waals surface area contributed by atoms with Crippen LogP contribution in [0.5, 0.6) is 11.5 Å². The van der Waals surface area contributed by atoms with Crippen LogP contribution < -0.4 is 9.47 Å². The van der Waals surface area contributed by atoms with Gasteiger partial charge in [-0.25, -0.2) is 0 Å². The number of hydrogen-bond donors (Lipinski definition) is 0. The van der Waals surface area contributed by atoms with Gasteiger partial charge < -0.3 is 9.47 Å². The summed E-state index contributed by atoms with van der Waals surface area (Å²) in [6.07, 6.45) is 2.07. The molecule has 2 aromatic rings. The molecule has 23 heavy (non-hydrogen) atoms. The molecule has 2 aromatic carbocycles. The Hall–Kier alpha value is -3.06. The molecule has 0 aliphatic rings. The fourth-order valence-electron chi connectivity index (χ4n) is 1.99. The van der Waals surface area contributed by atoms with Crippen molar-refractivity contribution in [2.24, 2.45) is 0 Å². The van der Waals surface area contributed by atoms with Crippen molar-refractivity contribution in [3.63, 3.8) is 0 Å². The summed E-state index contributed by atoms with van der Waals surface area (Å²) in [5, 5.41) is 9.39. The van der Waals surface area contributed by atoms with Crippen molar-refractivity contribution in [3.8, 4) is 17.6 Å². The molecule has 0 saturated heterocycles. The molecule has 0 aliphatic heterocycles. The minimum atomic E-state index is -0.290. The molecule has 0 aliphatic carbocycles. The van der Waals surface area contributed by atoms with E-state index in [1.165, 1.54) is 0 Å². The number of ether oxygens (including phenoxy) is 2. The van der Waals surface area contributed by atoms with Gasteiger partial charge in [0.05, 0.1) is 18.8 Å². The number of rotatable bonds is 5. The molecule has 0 bridgehead atoms. The van der Waals surface area contributed by atoms with Gasteiger partial charge in [-0.05, 0) is 53.6 Å². The lowest BCUT2D eigenvalue weighted by molar-refractivity contribution is -0.134. The van der Waals surface area contributed by atoms with Crippen LogP contribution in [0.4, 0.5) is 0 Å². The number of hydrogen-bond acceptors (Lipinski definition) is 4. The van der Waals surface area contributed by atoms with Crippen LogP contribution >= 0.6 is 0 Å². The largest absolute Gasteiger partial charge is 0.497 e. The lowest BCUT2D eigenvalue weighted by Crippen LogP contribution is -2.05. The van der Waals surface area contributed by atoms with Crippen LogP contribution in [0.15, 0.2) is 48.5 Å². The Labute approximate surface area is 135 Å². The summed E-state index contributed by atoms with van der Waals surface area (Å²) in [5.41, 5.74) is 2.11. The van der Waals surface area contributed by atoms with Gasteiger partial charge in [0.15, 0.2) is 0 Å². The van der Waals surface area contributed by atoms with E-state index in [0.717, 1.165) is 16.9 Å². The van der Waals surface area contributed by atoms with E-state index in [2.05, 4.69) is 6.07 Å². The van der Waals surface area contributed by atoms with Gasteiger partial charge in [-0.3, -0.25) is 4.79 Å². The Kier molecular flexibility index (Phi) is 5.54. The minimum absolute atomic E-state index is 0.290. The summed E-state index contributed by atoms with van der Waals surface area (Å²) >= 11 is 0. The number of methoxy groups -OCH3 is 1. The topological polar surface area (TPSA) is 59.3 Å². The highest BCUT2D eigenvalue weighted by Crippen LogP contribution is 2.22. The number of nitrogens with zero attached hydrogens (tertiary/aromatic N) is 1. The van der Waals surface area contributed by atoms with Crippen molar-refractivity contribution in [2.45, 2.75) is 13.3 Å². The Morgan fingerprint density at radius 1 is 1.17 bits per heavy atom. The second-order valence-electron chi connectivity index (χ2n) is 4.80. The maximum absolute atomic E-state index is 11.4. The molecule has 0 fully saturated rings. The van der Waals surface area contributed by atoms with Crippen molar-refractivity contribution in [3.05, 3.63) is 59.7 Å². The number of carbonyl (C=O) groups is 1. The predicted octanol–water partition coefficient (Wildman–Crippen LogP) is 4.07. The summed E-state index contributed by atoms with van der Waals surface area (Å²) in [5.74, 6) is 0.916. The first-order valence-electron chi connectivity index (χ1n) is 7.23. The number of allylic oxidation sites excluding steroid dienone is 1. The first kappa shape index (κ1) is 16.3. The fourth-order valence-corrected chi connectivity index (χ4v) is 1.99. The lowest BCUT2D eigenvalue weighted by atomic mass is 10.0. The van der Waals surface area contributed by atoms with E-state index in [9.17, 15) is 10.1 Å². The Morgan fingerprint density at radius 2 is 1.91 bits per heavy atom. The first-order valence-corrected chi connectivity index (χ1v) is 7.23. The zero-order valence-electron chi connectivity index (χ0n) is 13.1. The van der Waals surface area contributed by atoms with E-state index in [1.807, 2.05) is 18.2 Å². The molecule has 0 amide bonds. The predicted molar refractivity (Wildman–Crippen MR) is 88.8 cm³/mol. The molecule has 0 saturated carbocycles. The fraction of sp³-hybridized carbons (Fsp3) is 0.158. The van der Waals surface area contributed by atoms with Crippen molar-refractivity contribution >= 4 is 17.6 Å². The van der Waals surface area contributed by atoms with Gasteiger partial charge in [-0.1, -0.05) is 19.1 Å². The highest BCUT2D eigenvalue weighted by Gasteiger charge is 2.04. The molecule has 0 radical (unpaired) electrons. The summed E-state index contributed by atoms with van der Waals surface area (Å²) in [6.45, 7) is 1.74. The van der Waals surface area contributed by atoms with E-state index in [0.29, 0.717) is 17.7 Å². The summed E-state index contributed by atoms with van der Waals surface area (Å²) in [6, 6.07) is 16.5. The van der Waals surface area contributed by atoms with Gasteiger partial charge in [0.25, 0.3) is 0 Å². The third kappa shape index (κ3) is 4.45. The summed E-state index contributed by atoms with van der Waals surface area (Å²) in [4.78, 5) is 11.4. The highest BCUT2D eigenvalue weighted by atomic mass is 16.5. The number of benzene rings is 2. The quantitative estimate of drug-likeness (QED) is 0.361. The molecule has 2 rings (SSSR count). The minimum Gasteiger partial charge on any atom is -0.497 e. The summed E-state index contributed by atoms with van der Waals surface area (Å²) in [7, 11) is 1.60. The lowest BCUT2D eigenvalue weighted by Gasteiger charge is -2.05. The van der Waals surface area contributed by atoms with Crippen molar-refractivity contribution in [1.82, 2.24) is 0 Å². The maximum atomic E-state index is 11.4. The van der Waals surface area contributed by atoms with Crippen LogP contribution in [-0.4, -0.2) is 13.1 Å². The molecule has 0 spiro atoms. The van der Waals surface area contributed by atoms with Gasteiger partial charge in [-0.15, -0.1) is 0 Å². The number of nitriles is 1. The van der Waals surface area contributed by atoms with Crippen LogP contribution in [0.3, 0.4) is 0 Å². The Morgan fingerprint density at radius 3 is 2.52 bits per heavy atom. The van der Waals surface area contributed by atoms with Gasteiger partial charge in [-0.2, -0.15) is 5.26 Å². The normalized spacial score (nSPS) is 10.7. The van der Waals surface area contributed by atoms with E-state index in [1.54, 1.807) is 50.4 Å². The van der Waals surface area contributed by atoms with Crippen LogP contribution in [0.1, 0.15) is 24.5 Å². The van der Waals surface area contributed by atoms with Crippen molar-refractivity contribution in [1.29, 1.82) is 5.26 Å². The Bertz CT molecular complexity index is 755. The second-order valence-corrected chi connectivity index (χ2v) is 4.80. The van der Waals surface area contributed by atoms with Crippen LogP contribution in [0.25, 0.3) is 11.6 Å². The molecule has 0 N–H and O–H groups in total. The van der Waals surface area contributed by atoms with Crippen molar-refractivity contribution < 1.29 is 14.3 Å². The van der Waals surface area contributed by atoms with Gasteiger partial charge in [0.1, 0.15) is 11.5 Å². The van der Waals surface area contributed by atoms with Crippen LogP contribution in [0, 0.1) is 11.3 Å². The monoisotopic (exact) mass is 307 g/mol.